The summed E-state index contributed by atoms with van der Waals surface area (Å²) >= 11 is 0. The molecule has 0 unspecified atom stereocenters. The van der Waals surface area contributed by atoms with Gasteiger partial charge in [-0.05, 0) is 43.2 Å². The maximum atomic E-state index is 13.7. The number of carbonyl (C=O) groups excluding carboxylic acids is 1. The summed E-state index contributed by atoms with van der Waals surface area (Å²) < 4.78 is 25.1. The van der Waals surface area contributed by atoms with Crippen LogP contribution >= 0.6 is 0 Å². The van der Waals surface area contributed by atoms with Gasteiger partial charge in [0.2, 0.25) is 0 Å². The van der Waals surface area contributed by atoms with Crippen molar-refractivity contribution in [1.82, 2.24) is 0 Å². The number of rotatable bonds is 9. The van der Waals surface area contributed by atoms with Crippen LogP contribution in [0.3, 0.4) is 0 Å². The van der Waals surface area contributed by atoms with Gasteiger partial charge >= 0.3 is 0 Å². The van der Waals surface area contributed by atoms with Gasteiger partial charge in [0.15, 0.2) is 0 Å². The average molecular weight is 382 g/mol. The van der Waals surface area contributed by atoms with Gasteiger partial charge in [-0.3, -0.25) is 4.79 Å². The lowest BCUT2D eigenvalue weighted by atomic mass is 10.1. The van der Waals surface area contributed by atoms with Crippen LogP contribution in [0.1, 0.15) is 32.3 Å². The number of carbonyl (C=O) groups is 1. The minimum Gasteiger partial charge on any atom is -0.493 e. The van der Waals surface area contributed by atoms with E-state index in [-0.39, 0.29) is 11.3 Å². The first-order valence-electron chi connectivity index (χ1n) is 9.16. The fourth-order valence-electron chi connectivity index (χ4n) is 2.34. The van der Waals surface area contributed by atoms with Gasteiger partial charge in [0, 0.05) is 11.6 Å². The van der Waals surface area contributed by atoms with Crippen molar-refractivity contribution < 1.29 is 18.7 Å². The minimum absolute atomic E-state index is 0.0134. The summed E-state index contributed by atoms with van der Waals surface area (Å²) in [5.41, 5.74) is 0.420. The Labute approximate surface area is 164 Å². The van der Waals surface area contributed by atoms with E-state index in [0.717, 1.165) is 12.8 Å². The number of para-hydroxylation sites is 1. The standard InChI is InChI=1S/C22H23FN2O3/c1-3-11-27-18-10-9-16(21(14-18)28-12-4-2)13-17(15-24)22(26)25-20-8-6-5-7-19(20)23/h5-10,13-14H,3-4,11-12H2,1-2H3,(H,25,26)/b17-13-. The topological polar surface area (TPSA) is 71.3 Å². The van der Waals surface area contributed by atoms with Crippen molar-refractivity contribution in [1.29, 1.82) is 5.26 Å². The molecular weight excluding hydrogens is 359 g/mol. The highest BCUT2D eigenvalue weighted by atomic mass is 19.1. The molecule has 0 aliphatic rings. The molecule has 0 spiro atoms. The second kappa shape index (κ2) is 10.7. The lowest BCUT2D eigenvalue weighted by molar-refractivity contribution is -0.112. The fraction of sp³-hybridized carbons (Fsp3) is 0.273. The van der Waals surface area contributed by atoms with Crippen molar-refractivity contribution in [2.24, 2.45) is 0 Å². The van der Waals surface area contributed by atoms with Crippen molar-refractivity contribution in [2.45, 2.75) is 26.7 Å². The van der Waals surface area contributed by atoms with Crippen molar-refractivity contribution in [3.63, 3.8) is 0 Å². The van der Waals surface area contributed by atoms with Gasteiger partial charge in [-0.2, -0.15) is 5.26 Å². The van der Waals surface area contributed by atoms with E-state index >= 15 is 0 Å². The van der Waals surface area contributed by atoms with Gasteiger partial charge in [0.25, 0.3) is 5.91 Å². The number of benzene rings is 2. The molecule has 0 heterocycles. The third kappa shape index (κ3) is 5.85. The lowest BCUT2D eigenvalue weighted by Crippen LogP contribution is -2.14. The van der Waals surface area contributed by atoms with Crippen molar-refractivity contribution >= 4 is 17.7 Å². The van der Waals surface area contributed by atoms with Gasteiger partial charge in [-0.25, -0.2) is 4.39 Å². The summed E-state index contributed by atoms with van der Waals surface area (Å²) in [6.07, 6.45) is 3.11. The number of halogens is 1. The molecule has 2 aromatic rings. The summed E-state index contributed by atoms with van der Waals surface area (Å²) in [7, 11) is 0. The summed E-state index contributed by atoms with van der Waals surface area (Å²) in [6.45, 7) is 5.06. The molecule has 6 heteroatoms. The highest BCUT2D eigenvalue weighted by Crippen LogP contribution is 2.28. The molecule has 146 valence electrons. The van der Waals surface area contributed by atoms with Crippen LogP contribution in [0.15, 0.2) is 48.0 Å². The second-order valence-electron chi connectivity index (χ2n) is 6.00. The number of nitrogens with one attached hydrogen (secondary N) is 1. The summed E-state index contributed by atoms with van der Waals surface area (Å²) in [6, 6.07) is 12.9. The Morgan fingerprint density at radius 2 is 1.86 bits per heavy atom. The molecule has 0 aromatic heterocycles. The molecule has 5 nitrogen and oxygen atoms in total. The van der Waals surface area contributed by atoms with Gasteiger partial charge in [0.05, 0.1) is 18.9 Å². The lowest BCUT2D eigenvalue weighted by Gasteiger charge is -2.12. The van der Waals surface area contributed by atoms with Crippen LogP contribution < -0.4 is 14.8 Å². The zero-order valence-electron chi connectivity index (χ0n) is 16.0. The Balaban J connectivity index is 2.29. The third-order valence-corrected chi connectivity index (χ3v) is 3.71. The molecule has 1 amide bonds. The summed E-state index contributed by atoms with van der Waals surface area (Å²) in [5, 5.41) is 11.8. The van der Waals surface area contributed by atoms with Gasteiger partial charge in [0.1, 0.15) is 29.0 Å². The Hall–Kier alpha value is -3.33. The van der Waals surface area contributed by atoms with Crippen LogP contribution in [-0.2, 0) is 4.79 Å². The van der Waals surface area contributed by atoms with E-state index in [0.29, 0.717) is 30.3 Å². The highest BCUT2D eigenvalue weighted by molar-refractivity contribution is 6.09. The molecule has 28 heavy (non-hydrogen) atoms. The SMILES string of the molecule is CCCOc1ccc(/C=C(/C#N)C(=O)Nc2ccccc2F)c(OCCC)c1. The number of anilines is 1. The van der Waals surface area contributed by atoms with Crippen molar-refractivity contribution in [2.75, 3.05) is 18.5 Å². The Kier molecular flexibility index (Phi) is 8.04. The maximum absolute atomic E-state index is 13.7. The van der Waals surface area contributed by atoms with Crippen molar-refractivity contribution in [3.05, 3.63) is 59.4 Å². The van der Waals surface area contributed by atoms with Crippen LogP contribution in [0.25, 0.3) is 6.08 Å². The molecular formula is C22H23FN2O3. The van der Waals surface area contributed by atoms with Crippen molar-refractivity contribution in [3.8, 4) is 17.6 Å². The Morgan fingerprint density at radius 1 is 1.14 bits per heavy atom. The van der Waals surface area contributed by atoms with E-state index < -0.39 is 11.7 Å². The normalized spacial score (nSPS) is 10.9. The molecule has 0 bridgehead atoms. The number of ether oxygens (including phenoxy) is 2. The van der Waals surface area contributed by atoms with E-state index in [1.54, 1.807) is 24.3 Å². The molecule has 0 radical (unpaired) electrons. The maximum Gasteiger partial charge on any atom is 0.266 e. The van der Waals surface area contributed by atoms with Crippen LogP contribution in [0.4, 0.5) is 10.1 Å². The zero-order valence-corrected chi connectivity index (χ0v) is 16.0. The van der Waals surface area contributed by atoms with Crippen LogP contribution in [0.5, 0.6) is 11.5 Å². The van der Waals surface area contributed by atoms with E-state index in [1.165, 1.54) is 24.3 Å². The zero-order chi connectivity index (χ0) is 20.4. The quantitative estimate of drug-likeness (QED) is 0.492. The first kappa shape index (κ1) is 21.0. The molecule has 0 saturated heterocycles. The number of nitriles is 1. The highest BCUT2D eigenvalue weighted by Gasteiger charge is 2.14. The Bertz CT molecular complexity index is 888. The molecule has 0 saturated carbocycles. The Morgan fingerprint density at radius 3 is 2.54 bits per heavy atom. The van der Waals surface area contributed by atoms with E-state index in [4.69, 9.17) is 9.47 Å². The summed E-state index contributed by atoms with van der Waals surface area (Å²) in [5.74, 6) is -0.0980. The smallest absolute Gasteiger partial charge is 0.266 e. The average Bonchev–Trinajstić information content (AvgIpc) is 2.71. The molecule has 0 aliphatic carbocycles. The largest absolute Gasteiger partial charge is 0.493 e. The van der Waals surface area contributed by atoms with E-state index in [2.05, 4.69) is 5.32 Å². The number of amides is 1. The molecule has 0 aliphatic heterocycles. The number of nitrogens with zero attached hydrogens (tertiary/aromatic N) is 1. The molecule has 2 aromatic carbocycles. The fourth-order valence-corrected chi connectivity index (χ4v) is 2.34. The first-order valence-corrected chi connectivity index (χ1v) is 9.16. The van der Waals surface area contributed by atoms with Gasteiger partial charge in [-0.15, -0.1) is 0 Å². The molecule has 1 N–H and O–H groups in total. The number of hydrogen-bond acceptors (Lipinski definition) is 4. The molecule has 0 atom stereocenters. The van der Waals surface area contributed by atoms with Gasteiger partial charge < -0.3 is 14.8 Å². The van der Waals surface area contributed by atoms with Crippen LogP contribution in [-0.4, -0.2) is 19.1 Å². The first-order chi connectivity index (χ1) is 13.6. The predicted octanol–water partition coefficient (Wildman–Crippen LogP) is 4.95. The van der Waals surface area contributed by atoms with E-state index in [9.17, 15) is 14.4 Å². The predicted molar refractivity (Wildman–Crippen MR) is 107 cm³/mol. The van der Waals surface area contributed by atoms with Gasteiger partial charge in [-0.1, -0.05) is 26.0 Å². The second-order valence-corrected chi connectivity index (χ2v) is 6.00. The molecule has 0 fully saturated rings. The molecule has 2 rings (SSSR count). The third-order valence-electron chi connectivity index (χ3n) is 3.71. The van der Waals surface area contributed by atoms with E-state index in [1.807, 2.05) is 19.9 Å². The summed E-state index contributed by atoms with van der Waals surface area (Å²) in [4.78, 5) is 12.4. The van der Waals surface area contributed by atoms with Crippen LogP contribution in [0.2, 0.25) is 0 Å². The monoisotopic (exact) mass is 382 g/mol. The van der Waals surface area contributed by atoms with Crippen LogP contribution in [0, 0.1) is 17.1 Å². The minimum atomic E-state index is -0.694. The number of hydrogen-bond donors (Lipinski definition) is 1.